The van der Waals surface area contributed by atoms with Crippen LogP contribution in [0.2, 0.25) is 0 Å². The summed E-state index contributed by atoms with van der Waals surface area (Å²) in [6, 6.07) is 7.05. The number of hydrogen-bond acceptors (Lipinski definition) is 4. The van der Waals surface area contributed by atoms with Crippen LogP contribution in [0.1, 0.15) is 5.82 Å². The maximum atomic E-state index is 9.65. The van der Waals surface area contributed by atoms with Gasteiger partial charge in [-0.2, -0.15) is 5.10 Å². The Hall–Kier alpha value is -1.88. The second kappa shape index (κ2) is 4.76. The number of benzene rings is 1. The number of nitrogens with one attached hydrogen (secondary N) is 1. The van der Waals surface area contributed by atoms with Gasteiger partial charge in [0.1, 0.15) is 17.8 Å². The summed E-state index contributed by atoms with van der Waals surface area (Å²) < 4.78 is 1.58. The van der Waals surface area contributed by atoms with Crippen LogP contribution in [0.5, 0.6) is 5.75 Å². The van der Waals surface area contributed by atoms with E-state index in [9.17, 15) is 5.11 Å². The van der Waals surface area contributed by atoms with Gasteiger partial charge in [0.15, 0.2) is 5.82 Å². The summed E-state index contributed by atoms with van der Waals surface area (Å²) in [6.45, 7) is 0.838. The maximum Gasteiger partial charge on any atom is 0.152 e. The van der Waals surface area contributed by atoms with Crippen LogP contribution in [-0.4, -0.2) is 33.5 Å². The monoisotopic (exact) mass is 218 g/mol. The molecule has 2 N–H and O–H groups in total. The van der Waals surface area contributed by atoms with Gasteiger partial charge in [-0.05, 0) is 19.2 Å². The smallest absolute Gasteiger partial charge is 0.152 e. The lowest BCUT2D eigenvalue weighted by Crippen LogP contribution is -2.11. The van der Waals surface area contributed by atoms with Gasteiger partial charge in [-0.1, -0.05) is 12.1 Å². The van der Waals surface area contributed by atoms with E-state index in [4.69, 9.17) is 0 Å². The van der Waals surface area contributed by atoms with Crippen LogP contribution in [0.15, 0.2) is 30.6 Å². The lowest BCUT2D eigenvalue weighted by molar-refractivity contribution is 0.470. The second-order valence-electron chi connectivity index (χ2n) is 3.45. The highest BCUT2D eigenvalue weighted by Gasteiger charge is 2.05. The predicted molar refractivity (Wildman–Crippen MR) is 60.7 cm³/mol. The fraction of sp³-hybridized carbons (Fsp3) is 0.273. The molecule has 0 fully saturated rings. The molecule has 1 heterocycles. The summed E-state index contributed by atoms with van der Waals surface area (Å²) in [5, 5.41) is 17.0. The topological polar surface area (TPSA) is 63.0 Å². The highest BCUT2D eigenvalue weighted by atomic mass is 16.3. The van der Waals surface area contributed by atoms with E-state index in [1.807, 2.05) is 13.1 Å². The third kappa shape index (κ3) is 2.20. The zero-order chi connectivity index (χ0) is 11.4. The van der Waals surface area contributed by atoms with E-state index in [1.54, 1.807) is 29.2 Å². The van der Waals surface area contributed by atoms with Crippen LogP contribution in [0.4, 0.5) is 0 Å². The summed E-state index contributed by atoms with van der Waals surface area (Å²) in [7, 11) is 1.89. The quantitative estimate of drug-likeness (QED) is 0.794. The predicted octanol–water partition coefficient (Wildman–Crippen LogP) is 0.735. The average Bonchev–Trinajstić information content (AvgIpc) is 2.75. The third-order valence-corrected chi connectivity index (χ3v) is 2.27. The molecular formula is C11H14N4O. The molecule has 0 aliphatic heterocycles. The van der Waals surface area contributed by atoms with Crippen molar-refractivity contribution in [1.82, 2.24) is 20.1 Å². The van der Waals surface area contributed by atoms with Gasteiger partial charge in [0.25, 0.3) is 0 Å². The fourth-order valence-electron chi connectivity index (χ4n) is 1.42. The number of nitrogens with zero attached hydrogens (tertiary/aromatic N) is 3. The first kappa shape index (κ1) is 10.6. The molecule has 1 aromatic heterocycles. The summed E-state index contributed by atoms with van der Waals surface area (Å²) in [5.41, 5.74) is 0.644. The third-order valence-electron chi connectivity index (χ3n) is 2.27. The van der Waals surface area contributed by atoms with E-state index in [0.717, 1.165) is 18.8 Å². The Morgan fingerprint density at radius 1 is 1.38 bits per heavy atom. The molecule has 5 heteroatoms. The SMILES string of the molecule is CNCCc1ncn(-c2ccccc2O)n1. The summed E-state index contributed by atoms with van der Waals surface area (Å²) in [6.07, 6.45) is 2.39. The highest BCUT2D eigenvalue weighted by Crippen LogP contribution is 2.19. The molecule has 84 valence electrons. The van der Waals surface area contributed by atoms with Gasteiger partial charge < -0.3 is 10.4 Å². The molecule has 1 aromatic carbocycles. The van der Waals surface area contributed by atoms with Crippen molar-refractivity contribution < 1.29 is 5.11 Å². The highest BCUT2D eigenvalue weighted by molar-refractivity contribution is 5.44. The number of aromatic nitrogens is 3. The first-order valence-electron chi connectivity index (χ1n) is 5.15. The van der Waals surface area contributed by atoms with Crippen molar-refractivity contribution in [3.63, 3.8) is 0 Å². The minimum absolute atomic E-state index is 0.201. The van der Waals surface area contributed by atoms with Crippen molar-refractivity contribution in [2.24, 2.45) is 0 Å². The number of phenolic OH excluding ortho intramolecular Hbond substituents is 1. The standard InChI is InChI=1S/C11H14N4O/c1-12-7-6-11-13-8-15(14-11)9-4-2-3-5-10(9)16/h2-5,8,12,16H,6-7H2,1H3. The Labute approximate surface area is 93.8 Å². The molecule has 0 saturated heterocycles. The summed E-state index contributed by atoms with van der Waals surface area (Å²) >= 11 is 0. The zero-order valence-corrected chi connectivity index (χ0v) is 9.09. The van der Waals surface area contributed by atoms with Crippen LogP contribution >= 0.6 is 0 Å². The van der Waals surface area contributed by atoms with E-state index < -0.39 is 0 Å². The van der Waals surface area contributed by atoms with E-state index in [2.05, 4.69) is 15.4 Å². The minimum Gasteiger partial charge on any atom is -0.506 e. The molecule has 0 aliphatic rings. The average molecular weight is 218 g/mol. The molecule has 2 aromatic rings. The number of likely N-dealkylation sites (N-methyl/N-ethyl adjacent to an activating group) is 1. The second-order valence-corrected chi connectivity index (χ2v) is 3.45. The number of hydrogen-bond donors (Lipinski definition) is 2. The summed E-state index contributed by atoms with van der Waals surface area (Å²) in [4.78, 5) is 4.17. The molecule has 2 rings (SSSR count). The van der Waals surface area contributed by atoms with Crippen LogP contribution < -0.4 is 5.32 Å². The van der Waals surface area contributed by atoms with Gasteiger partial charge in [0, 0.05) is 13.0 Å². The molecule has 0 atom stereocenters. The van der Waals surface area contributed by atoms with Crippen LogP contribution in [0, 0.1) is 0 Å². The van der Waals surface area contributed by atoms with Crippen LogP contribution in [-0.2, 0) is 6.42 Å². The van der Waals surface area contributed by atoms with Crippen LogP contribution in [0.25, 0.3) is 5.69 Å². The maximum absolute atomic E-state index is 9.65. The van der Waals surface area contributed by atoms with Crippen LogP contribution in [0.3, 0.4) is 0 Å². The zero-order valence-electron chi connectivity index (χ0n) is 9.09. The van der Waals surface area contributed by atoms with Crippen molar-refractivity contribution in [3.05, 3.63) is 36.4 Å². The molecule has 0 bridgehead atoms. The van der Waals surface area contributed by atoms with Gasteiger partial charge in [0.2, 0.25) is 0 Å². The normalized spacial score (nSPS) is 10.6. The van der Waals surface area contributed by atoms with E-state index in [0.29, 0.717) is 5.69 Å². The Morgan fingerprint density at radius 2 is 2.19 bits per heavy atom. The molecule has 0 saturated carbocycles. The Morgan fingerprint density at radius 3 is 2.94 bits per heavy atom. The molecule has 16 heavy (non-hydrogen) atoms. The van der Waals surface area contributed by atoms with Gasteiger partial charge in [-0.25, -0.2) is 9.67 Å². The van der Waals surface area contributed by atoms with Crippen molar-refractivity contribution in [2.75, 3.05) is 13.6 Å². The number of rotatable bonds is 4. The number of para-hydroxylation sites is 2. The van der Waals surface area contributed by atoms with Gasteiger partial charge >= 0.3 is 0 Å². The first-order valence-corrected chi connectivity index (χ1v) is 5.15. The van der Waals surface area contributed by atoms with Crippen molar-refractivity contribution >= 4 is 0 Å². The molecule has 0 unspecified atom stereocenters. The Balaban J connectivity index is 2.22. The summed E-state index contributed by atoms with van der Waals surface area (Å²) in [5.74, 6) is 0.963. The lowest BCUT2D eigenvalue weighted by atomic mass is 10.3. The molecule has 0 spiro atoms. The molecular weight excluding hydrogens is 204 g/mol. The lowest BCUT2D eigenvalue weighted by Gasteiger charge is -2.02. The Kier molecular flexibility index (Phi) is 3.16. The van der Waals surface area contributed by atoms with E-state index in [-0.39, 0.29) is 5.75 Å². The minimum atomic E-state index is 0.201. The molecule has 5 nitrogen and oxygen atoms in total. The molecule has 0 aliphatic carbocycles. The fourth-order valence-corrected chi connectivity index (χ4v) is 1.42. The number of aromatic hydroxyl groups is 1. The van der Waals surface area contributed by atoms with Crippen molar-refractivity contribution in [1.29, 1.82) is 0 Å². The van der Waals surface area contributed by atoms with Gasteiger partial charge in [-0.3, -0.25) is 0 Å². The first-order chi connectivity index (χ1) is 7.81. The van der Waals surface area contributed by atoms with E-state index in [1.165, 1.54) is 0 Å². The van der Waals surface area contributed by atoms with Crippen molar-refractivity contribution in [3.8, 4) is 11.4 Å². The largest absolute Gasteiger partial charge is 0.506 e. The van der Waals surface area contributed by atoms with Gasteiger partial charge in [-0.15, -0.1) is 0 Å². The molecule has 0 radical (unpaired) electrons. The Bertz CT molecular complexity index is 467. The molecule has 0 amide bonds. The van der Waals surface area contributed by atoms with Gasteiger partial charge in [0.05, 0.1) is 0 Å². The van der Waals surface area contributed by atoms with Crippen molar-refractivity contribution in [2.45, 2.75) is 6.42 Å². The number of phenols is 1. The van der Waals surface area contributed by atoms with E-state index >= 15 is 0 Å².